The van der Waals surface area contributed by atoms with Crippen molar-refractivity contribution in [1.29, 1.82) is 0 Å². The maximum absolute atomic E-state index is 12.3. The van der Waals surface area contributed by atoms with Crippen LogP contribution in [0.5, 0.6) is 0 Å². The fraction of sp³-hybridized carbons (Fsp3) is 0.0833. The number of hydrogen-bond acceptors (Lipinski definition) is 2. The van der Waals surface area contributed by atoms with Crippen LogP contribution in [-0.4, -0.2) is 4.98 Å². The zero-order chi connectivity index (χ0) is 12.3. The lowest BCUT2D eigenvalue weighted by atomic mass is 10.2. The number of thiazole rings is 1. The summed E-state index contributed by atoms with van der Waals surface area (Å²) in [4.78, 5) is 3.50. The van der Waals surface area contributed by atoms with Crippen LogP contribution in [0.2, 0.25) is 0 Å². The van der Waals surface area contributed by atoms with Crippen LogP contribution in [0.15, 0.2) is 35.7 Å². The van der Waals surface area contributed by atoms with Crippen LogP contribution in [0, 0.1) is 0 Å². The smallest absolute Gasteiger partial charge is 0.232 e. The quantitative estimate of drug-likeness (QED) is 0.778. The molecule has 0 radical (unpaired) electrons. The second kappa shape index (κ2) is 4.71. The molecule has 1 heterocycles. The zero-order valence-electron chi connectivity index (χ0n) is 8.61. The van der Waals surface area contributed by atoms with Gasteiger partial charge in [-0.15, -0.1) is 11.3 Å². The first-order valence-corrected chi connectivity index (χ1v) is 5.69. The average molecular weight is 255 g/mol. The van der Waals surface area contributed by atoms with E-state index in [0.29, 0.717) is 5.01 Å². The highest BCUT2D eigenvalue weighted by Gasteiger charge is 2.33. The Balaban J connectivity index is 2.15. The van der Waals surface area contributed by atoms with Crippen LogP contribution < -0.4 is 0 Å². The van der Waals surface area contributed by atoms with Gasteiger partial charge in [0.1, 0.15) is 5.01 Å². The van der Waals surface area contributed by atoms with Gasteiger partial charge in [0.15, 0.2) is 5.69 Å². The topological polar surface area (TPSA) is 12.9 Å². The fourth-order valence-electron chi connectivity index (χ4n) is 1.23. The van der Waals surface area contributed by atoms with Crippen molar-refractivity contribution in [2.75, 3.05) is 0 Å². The Kier molecular flexibility index (Phi) is 3.28. The molecule has 1 aromatic heterocycles. The maximum Gasteiger partial charge on any atom is 0.434 e. The Morgan fingerprint density at radius 3 is 2.35 bits per heavy atom. The Morgan fingerprint density at radius 2 is 1.76 bits per heavy atom. The van der Waals surface area contributed by atoms with E-state index in [4.69, 9.17) is 0 Å². The van der Waals surface area contributed by atoms with Crippen molar-refractivity contribution in [3.05, 3.63) is 52.0 Å². The van der Waals surface area contributed by atoms with E-state index in [0.717, 1.165) is 22.3 Å². The molecule has 0 aliphatic rings. The molecule has 0 N–H and O–H groups in total. The van der Waals surface area contributed by atoms with E-state index in [1.54, 1.807) is 12.2 Å². The van der Waals surface area contributed by atoms with E-state index < -0.39 is 11.9 Å². The second-order valence-electron chi connectivity index (χ2n) is 3.31. The van der Waals surface area contributed by atoms with Crippen molar-refractivity contribution in [1.82, 2.24) is 4.98 Å². The molecule has 0 saturated heterocycles. The van der Waals surface area contributed by atoms with Gasteiger partial charge < -0.3 is 0 Å². The first-order valence-electron chi connectivity index (χ1n) is 4.81. The molecule has 1 nitrogen and oxygen atoms in total. The summed E-state index contributed by atoms with van der Waals surface area (Å²) in [5.41, 5.74) is 0.0893. The largest absolute Gasteiger partial charge is 0.434 e. The molecule has 0 amide bonds. The van der Waals surface area contributed by atoms with E-state index in [-0.39, 0.29) is 0 Å². The SMILES string of the molecule is FC(F)(F)c1csc(/C=C/c2ccccc2)n1. The lowest BCUT2D eigenvalue weighted by Crippen LogP contribution is -2.04. The maximum atomic E-state index is 12.3. The van der Waals surface area contributed by atoms with Gasteiger partial charge in [-0.1, -0.05) is 36.4 Å². The van der Waals surface area contributed by atoms with E-state index in [1.807, 2.05) is 30.3 Å². The molecule has 0 unspecified atom stereocenters. The second-order valence-corrected chi connectivity index (χ2v) is 4.20. The van der Waals surface area contributed by atoms with Crippen molar-refractivity contribution in [2.24, 2.45) is 0 Å². The van der Waals surface area contributed by atoms with Crippen molar-refractivity contribution >= 4 is 23.5 Å². The molecule has 2 rings (SSSR count). The highest BCUT2D eigenvalue weighted by molar-refractivity contribution is 7.10. The van der Waals surface area contributed by atoms with Gasteiger partial charge in [-0.2, -0.15) is 13.2 Å². The number of alkyl halides is 3. The highest BCUT2D eigenvalue weighted by Crippen LogP contribution is 2.30. The number of rotatable bonds is 2. The van der Waals surface area contributed by atoms with E-state index >= 15 is 0 Å². The normalized spacial score (nSPS) is 12.2. The molecule has 2 aromatic rings. The minimum absolute atomic E-state index is 0.348. The fourth-order valence-corrected chi connectivity index (χ4v) is 1.94. The Hall–Kier alpha value is -1.62. The van der Waals surface area contributed by atoms with Crippen LogP contribution in [0.4, 0.5) is 13.2 Å². The summed E-state index contributed by atoms with van der Waals surface area (Å²) in [6, 6.07) is 9.34. The Labute approximate surface area is 100 Å². The van der Waals surface area contributed by atoms with E-state index in [1.165, 1.54) is 0 Å². The van der Waals surface area contributed by atoms with E-state index in [9.17, 15) is 13.2 Å². The monoisotopic (exact) mass is 255 g/mol. The van der Waals surface area contributed by atoms with Crippen LogP contribution in [-0.2, 0) is 6.18 Å². The van der Waals surface area contributed by atoms with Gasteiger partial charge >= 0.3 is 6.18 Å². The molecule has 0 aliphatic carbocycles. The van der Waals surface area contributed by atoms with Gasteiger partial charge in [0.2, 0.25) is 0 Å². The summed E-state index contributed by atoms with van der Waals surface area (Å²) in [6.45, 7) is 0. The third kappa shape index (κ3) is 3.17. The summed E-state index contributed by atoms with van der Waals surface area (Å²) in [6.07, 6.45) is -1.05. The van der Waals surface area contributed by atoms with Crippen LogP contribution >= 0.6 is 11.3 Å². The van der Waals surface area contributed by atoms with Crippen molar-refractivity contribution in [3.63, 3.8) is 0 Å². The highest BCUT2D eigenvalue weighted by atomic mass is 32.1. The predicted octanol–water partition coefficient (Wildman–Crippen LogP) is 4.33. The van der Waals surface area contributed by atoms with Gasteiger partial charge in [0.25, 0.3) is 0 Å². The number of nitrogens with zero attached hydrogens (tertiary/aromatic N) is 1. The lowest BCUT2D eigenvalue weighted by Gasteiger charge is -1.99. The van der Waals surface area contributed by atoms with E-state index in [2.05, 4.69) is 4.98 Å². The molecule has 88 valence electrons. The molecular formula is C12H8F3NS. The summed E-state index contributed by atoms with van der Waals surface area (Å²) < 4.78 is 36.9. The Morgan fingerprint density at radius 1 is 1.06 bits per heavy atom. The van der Waals surface area contributed by atoms with Gasteiger partial charge in [-0.05, 0) is 11.6 Å². The number of hydrogen-bond donors (Lipinski definition) is 0. The number of benzene rings is 1. The minimum Gasteiger partial charge on any atom is -0.232 e. The summed E-state index contributed by atoms with van der Waals surface area (Å²) in [5.74, 6) is 0. The summed E-state index contributed by atoms with van der Waals surface area (Å²) in [5, 5.41) is 1.37. The summed E-state index contributed by atoms with van der Waals surface area (Å²) >= 11 is 0.978. The van der Waals surface area contributed by atoms with Gasteiger partial charge in [0, 0.05) is 5.38 Å². The van der Waals surface area contributed by atoms with Crippen LogP contribution in [0.25, 0.3) is 12.2 Å². The van der Waals surface area contributed by atoms with Crippen molar-refractivity contribution < 1.29 is 13.2 Å². The molecular weight excluding hydrogens is 247 g/mol. The molecule has 0 atom stereocenters. The first-order chi connectivity index (χ1) is 8.05. The van der Waals surface area contributed by atoms with Crippen LogP contribution in [0.1, 0.15) is 16.3 Å². The molecule has 0 saturated carbocycles. The van der Waals surface area contributed by atoms with Crippen LogP contribution in [0.3, 0.4) is 0 Å². The third-order valence-corrected chi connectivity index (χ3v) is 2.84. The number of halogens is 3. The summed E-state index contributed by atoms with van der Waals surface area (Å²) in [7, 11) is 0. The zero-order valence-corrected chi connectivity index (χ0v) is 9.42. The molecule has 5 heteroatoms. The van der Waals surface area contributed by atoms with Gasteiger partial charge in [0.05, 0.1) is 0 Å². The minimum atomic E-state index is -4.37. The lowest BCUT2D eigenvalue weighted by molar-refractivity contribution is -0.140. The standard InChI is InChI=1S/C12H8F3NS/c13-12(14,15)10-8-17-11(16-10)7-6-9-4-2-1-3-5-9/h1-8H/b7-6+. The molecule has 1 aromatic carbocycles. The molecule has 0 fully saturated rings. The van der Waals surface area contributed by atoms with Crippen molar-refractivity contribution in [2.45, 2.75) is 6.18 Å². The first kappa shape index (κ1) is 11.9. The Bertz CT molecular complexity index is 514. The molecule has 17 heavy (non-hydrogen) atoms. The molecule has 0 bridgehead atoms. The molecule has 0 spiro atoms. The average Bonchev–Trinajstić information content (AvgIpc) is 2.76. The molecule has 0 aliphatic heterocycles. The van der Waals surface area contributed by atoms with Gasteiger partial charge in [-0.25, -0.2) is 4.98 Å². The van der Waals surface area contributed by atoms with Crippen molar-refractivity contribution in [3.8, 4) is 0 Å². The third-order valence-electron chi connectivity index (χ3n) is 2.03. The van der Waals surface area contributed by atoms with Gasteiger partial charge in [-0.3, -0.25) is 0 Å². The predicted molar refractivity (Wildman–Crippen MR) is 62.5 cm³/mol. The number of aromatic nitrogens is 1.